The molecule has 0 N–H and O–H groups in total. The molecule has 2 aromatic heterocycles. The summed E-state index contributed by atoms with van der Waals surface area (Å²) in [5.41, 5.74) is 17.0. The summed E-state index contributed by atoms with van der Waals surface area (Å²) in [6.07, 6.45) is 9.47. The molecule has 0 bridgehead atoms. The van der Waals surface area contributed by atoms with E-state index < -0.39 is 0 Å². The lowest BCUT2D eigenvalue weighted by Gasteiger charge is -2.37. The Hall–Kier alpha value is -7.82. The van der Waals surface area contributed by atoms with E-state index in [9.17, 15) is 0 Å². The highest BCUT2D eigenvalue weighted by molar-refractivity contribution is 6.21. The molecule has 13 rings (SSSR count). The number of hydrogen-bond donors (Lipinski definition) is 0. The van der Waals surface area contributed by atoms with E-state index >= 15 is 0 Å². The van der Waals surface area contributed by atoms with E-state index in [-0.39, 0.29) is 12.0 Å². The van der Waals surface area contributed by atoms with Crippen LogP contribution in [0.3, 0.4) is 0 Å². The molecule has 0 saturated carbocycles. The van der Waals surface area contributed by atoms with Gasteiger partial charge < -0.3 is 4.90 Å². The van der Waals surface area contributed by atoms with Crippen molar-refractivity contribution in [3.05, 3.63) is 229 Å². The molecule has 0 fully saturated rings. The fourth-order valence-corrected chi connectivity index (χ4v) is 10.7. The van der Waals surface area contributed by atoms with E-state index in [4.69, 9.17) is 9.97 Å². The van der Waals surface area contributed by atoms with Crippen molar-refractivity contribution in [2.45, 2.75) is 24.8 Å². The largest absolute Gasteiger partial charge is 0.333 e. The van der Waals surface area contributed by atoms with Gasteiger partial charge in [-0.3, -0.25) is 4.57 Å². The van der Waals surface area contributed by atoms with Gasteiger partial charge in [-0.25, -0.2) is 9.97 Å². The van der Waals surface area contributed by atoms with Gasteiger partial charge in [-0.05, 0) is 93.6 Å². The summed E-state index contributed by atoms with van der Waals surface area (Å²) in [7, 11) is 0. The van der Waals surface area contributed by atoms with Gasteiger partial charge in [0.25, 0.3) is 0 Å². The topological polar surface area (TPSA) is 34.0 Å². The van der Waals surface area contributed by atoms with E-state index in [0.717, 1.165) is 46.0 Å². The van der Waals surface area contributed by atoms with Gasteiger partial charge in [-0.15, -0.1) is 0 Å². The Balaban J connectivity index is 1.03. The minimum atomic E-state index is 0.158. The van der Waals surface area contributed by atoms with E-state index in [1.807, 2.05) is 0 Å². The maximum atomic E-state index is 5.42. The Bertz CT molecular complexity index is 3520. The van der Waals surface area contributed by atoms with Gasteiger partial charge >= 0.3 is 0 Å². The van der Waals surface area contributed by atoms with E-state index in [1.54, 1.807) is 0 Å². The van der Waals surface area contributed by atoms with Crippen LogP contribution in [0.4, 0.5) is 11.4 Å². The van der Waals surface area contributed by atoms with Gasteiger partial charge in [0.2, 0.25) is 5.95 Å². The van der Waals surface area contributed by atoms with Crippen molar-refractivity contribution in [2.75, 3.05) is 4.90 Å². The number of fused-ring (bicyclic) bond motifs is 10. The van der Waals surface area contributed by atoms with Crippen LogP contribution in [0.1, 0.15) is 29.9 Å². The Morgan fingerprint density at radius 3 is 2.02 bits per heavy atom. The van der Waals surface area contributed by atoms with Crippen LogP contribution in [-0.4, -0.2) is 20.6 Å². The Morgan fingerprint density at radius 1 is 0.532 bits per heavy atom. The van der Waals surface area contributed by atoms with Crippen LogP contribution >= 0.6 is 0 Å². The zero-order valence-corrected chi connectivity index (χ0v) is 34.0. The van der Waals surface area contributed by atoms with Crippen LogP contribution in [0.25, 0.3) is 77.4 Å². The molecular formula is C58H40N4. The summed E-state index contributed by atoms with van der Waals surface area (Å²) in [6, 6.07) is 68.2. The minimum Gasteiger partial charge on any atom is -0.333 e. The summed E-state index contributed by atoms with van der Waals surface area (Å²) in [5.74, 6) is 0.850. The molecule has 292 valence electrons. The molecule has 1 aliphatic heterocycles. The minimum absolute atomic E-state index is 0.158. The van der Waals surface area contributed by atoms with Crippen LogP contribution in [0, 0.1) is 0 Å². The van der Waals surface area contributed by atoms with Crippen molar-refractivity contribution in [1.82, 2.24) is 14.5 Å². The number of allylic oxidation sites excluding steroid dienone is 3. The van der Waals surface area contributed by atoms with Crippen molar-refractivity contribution >= 4 is 60.4 Å². The number of nitrogens with zero attached hydrogens (tertiary/aromatic N) is 4. The van der Waals surface area contributed by atoms with Crippen LogP contribution < -0.4 is 4.90 Å². The lowest BCUT2D eigenvalue weighted by molar-refractivity contribution is 0.701. The maximum Gasteiger partial charge on any atom is 0.235 e. The second-order valence-corrected chi connectivity index (χ2v) is 16.7. The number of para-hydroxylation sites is 3. The summed E-state index contributed by atoms with van der Waals surface area (Å²) in [4.78, 5) is 13.3. The zero-order chi connectivity index (χ0) is 40.7. The average Bonchev–Trinajstić information content (AvgIpc) is 3.87. The van der Waals surface area contributed by atoms with Gasteiger partial charge in [-0.2, -0.15) is 0 Å². The molecule has 0 amide bonds. The first-order valence-corrected chi connectivity index (χ1v) is 21.7. The molecular weight excluding hydrogens is 753 g/mol. The second kappa shape index (κ2) is 13.9. The fourth-order valence-electron chi connectivity index (χ4n) is 10.7. The third-order valence-electron chi connectivity index (χ3n) is 13.4. The molecule has 0 spiro atoms. The smallest absolute Gasteiger partial charge is 0.235 e. The molecule has 8 aromatic carbocycles. The van der Waals surface area contributed by atoms with Crippen molar-refractivity contribution in [3.8, 4) is 28.3 Å². The van der Waals surface area contributed by atoms with Crippen molar-refractivity contribution in [1.29, 1.82) is 0 Å². The standard InChI is InChI=1S/C58H40N4/c1-3-17-37(18-4-1)38-31-33-40(34-32-38)61-53-29-15-12-23-43(53)50-35-48(41-21-7-9-25-45(41)56(50)61)49-36-51-44-24-13-16-30-54(44)62(57(51)46-26-10-8-22-42(46)49)58-59-52-28-14-11-27-47(52)55(60-58)39-19-5-2-6-20-39/h1-6,8-20,22-36,50,56H,7,21H2. The highest BCUT2D eigenvalue weighted by Gasteiger charge is 2.44. The third kappa shape index (κ3) is 5.26. The average molecular weight is 793 g/mol. The molecule has 3 aliphatic rings. The van der Waals surface area contributed by atoms with Gasteiger partial charge in [0.1, 0.15) is 0 Å². The summed E-state index contributed by atoms with van der Waals surface area (Å²) < 4.78 is 2.31. The first-order chi connectivity index (χ1) is 30.8. The summed E-state index contributed by atoms with van der Waals surface area (Å²) in [6.45, 7) is 0. The SMILES string of the molecule is C1=CC2=C(CC1)C(c1cc3c4ccccc4n(-c4nc(-c5ccccc5)c5ccccc5n4)c3c3ccccc13)=CC1c3ccccc3N(c3ccc(-c4ccccc4)cc3)C21. The quantitative estimate of drug-likeness (QED) is 0.174. The lowest BCUT2D eigenvalue weighted by Crippen LogP contribution is -2.34. The highest BCUT2D eigenvalue weighted by atomic mass is 15.2. The Morgan fingerprint density at radius 2 is 1.19 bits per heavy atom. The molecule has 0 saturated heterocycles. The number of rotatable bonds is 5. The Labute approximate surface area is 360 Å². The number of hydrogen-bond acceptors (Lipinski definition) is 3. The van der Waals surface area contributed by atoms with Crippen molar-refractivity contribution in [3.63, 3.8) is 0 Å². The molecule has 62 heavy (non-hydrogen) atoms. The molecule has 0 radical (unpaired) electrons. The van der Waals surface area contributed by atoms with Crippen molar-refractivity contribution < 1.29 is 0 Å². The predicted molar refractivity (Wildman–Crippen MR) is 257 cm³/mol. The van der Waals surface area contributed by atoms with Gasteiger partial charge in [0, 0.05) is 44.4 Å². The first-order valence-electron chi connectivity index (χ1n) is 21.7. The van der Waals surface area contributed by atoms with E-state index in [1.165, 1.54) is 71.9 Å². The van der Waals surface area contributed by atoms with Crippen LogP contribution in [-0.2, 0) is 0 Å². The molecule has 3 heterocycles. The Kier molecular flexibility index (Phi) is 7.83. The zero-order valence-electron chi connectivity index (χ0n) is 34.0. The molecule has 2 aliphatic carbocycles. The normalized spacial score (nSPS) is 16.8. The molecule has 2 atom stereocenters. The second-order valence-electron chi connectivity index (χ2n) is 16.7. The van der Waals surface area contributed by atoms with E-state index in [2.05, 4.69) is 216 Å². The highest BCUT2D eigenvalue weighted by Crippen LogP contribution is 2.55. The van der Waals surface area contributed by atoms with Crippen LogP contribution in [0.5, 0.6) is 0 Å². The van der Waals surface area contributed by atoms with Crippen LogP contribution in [0.2, 0.25) is 0 Å². The van der Waals surface area contributed by atoms with E-state index in [0.29, 0.717) is 5.95 Å². The molecule has 2 unspecified atom stereocenters. The summed E-state index contributed by atoms with van der Waals surface area (Å²) in [5, 5.41) is 5.86. The molecule has 10 aromatic rings. The number of anilines is 2. The third-order valence-corrected chi connectivity index (χ3v) is 13.4. The molecule has 4 nitrogen and oxygen atoms in total. The van der Waals surface area contributed by atoms with Gasteiger partial charge in [0.15, 0.2) is 0 Å². The van der Waals surface area contributed by atoms with Crippen molar-refractivity contribution in [2.24, 2.45) is 0 Å². The monoisotopic (exact) mass is 792 g/mol. The number of benzene rings is 8. The van der Waals surface area contributed by atoms with Gasteiger partial charge in [-0.1, -0.05) is 170 Å². The first kappa shape index (κ1) is 35.0. The lowest BCUT2D eigenvalue weighted by atomic mass is 9.73. The fraction of sp³-hybridized carbons (Fsp3) is 0.0690. The van der Waals surface area contributed by atoms with Crippen LogP contribution in [0.15, 0.2) is 217 Å². The summed E-state index contributed by atoms with van der Waals surface area (Å²) >= 11 is 0. The number of aromatic nitrogens is 3. The predicted octanol–water partition coefficient (Wildman–Crippen LogP) is 14.6. The maximum absolute atomic E-state index is 5.42. The van der Waals surface area contributed by atoms with Gasteiger partial charge in [0.05, 0.1) is 28.3 Å². The molecule has 4 heteroatoms.